The summed E-state index contributed by atoms with van der Waals surface area (Å²) in [5.41, 5.74) is 1.57. The second kappa shape index (κ2) is 14.9. The number of hydrogen-bond donors (Lipinski definition) is 2. The van der Waals surface area contributed by atoms with Gasteiger partial charge in [-0.05, 0) is 73.5 Å². The van der Waals surface area contributed by atoms with E-state index in [9.17, 15) is 18.4 Å². The minimum absolute atomic E-state index is 0.151. The highest BCUT2D eigenvalue weighted by Gasteiger charge is 2.15. The first-order valence-corrected chi connectivity index (χ1v) is 12.4. The van der Waals surface area contributed by atoms with Crippen molar-refractivity contribution in [1.82, 2.24) is 20.4 Å². The molecule has 1 saturated heterocycles. The average Bonchev–Trinajstić information content (AvgIpc) is 2.89. The van der Waals surface area contributed by atoms with E-state index in [2.05, 4.69) is 20.4 Å². The number of halogens is 2. The molecule has 1 aliphatic rings. The van der Waals surface area contributed by atoms with Crippen LogP contribution in [0.3, 0.4) is 0 Å². The van der Waals surface area contributed by atoms with Crippen LogP contribution < -0.4 is 10.6 Å². The molecule has 1 heterocycles. The van der Waals surface area contributed by atoms with Gasteiger partial charge in [0.15, 0.2) is 0 Å². The molecule has 3 rings (SSSR count). The van der Waals surface area contributed by atoms with Crippen molar-refractivity contribution in [2.24, 2.45) is 0 Å². The van der Waals surface area contributed by atoms with E-state index in [1.54, 1.807) is 36.4 Å². The number of rotatable bonds is 12. The molecule has 0 aliphatic carbocycles. The van der Waals surface area contributed by atoms with Gasteiger partial charge in [0, 0.05) is 51.4 Å². The third-order valence-corrected chi connectivity index (χ3v) is 5.96. The molecule has 0 saturated carbocycles. The van der Waals surface area contributed by atoms with Crippen LogP contribution >= 0.6 is 0 Å². The predicted octanol–water partition coefficient (Wildman–Crippen LogP) is 3.32. The third kappa shape index (κ3) is 10.5. The molecule has 8 heteroatoms. The fourth-order valence-corrected chi connectivity index (χ4v) is 3.87. The molecule has 1 fully saturated rings. The lowest BCUT2D eigenvalue weighted by Gasteiger charge is -2.34. The van der Waals surface area contributed by atoms with Gasteiger partial charge in [0.2, 0.25) is 11.8 Å². The number of benzene rings is 2. The van der Waals surface area contributed by atoms with Gasteiger partial charge in [-0.1, -0.05) is 24.3 Å². The van der Waals surface area contributed by atoms with Gasteiger partial charge in [0.05, 0.1) is 0 Å². The molecular formula is C28H34F2N4O2. The molecule has 2 amide bonds. The van der Waals surface area contributed by atoms with E-state index in [1.165, 1.54) is 36.4 Å². The zero-order chi connectivity index (χ0) is 25.6. The quantitative estimate of drug-likeness (QED) is 0.350. The molecule has 0 spiro atoms. The van der Waals surface area contributed by atoms with Gasteiger partial charge in [-0.25, -0.2) is 8.78 Å². The molecule has 0 aromatic heterocycles. The number of carbonyl (C=O) groups excluding carboxylic acids is 2. The molecule has 2 N–H and O–H groups in total. The van der Waals surface area contributed by atoms with Gasteiger partial charge in [0.25, 0.3) is 0 Å². The van der Waals surface area contributed by atoms with Gasteiger partial charge in [-0.2, -0.15) is 0 Å². The van der Waals surface area contributed by atoms with Gasteiger partial charge < -0.3 is 20.4 Å². The van der Waals surface area contributed by atoms with Gasteiger partial charge >= 0.3 is 0 Å². The van der Waals surface area contributed by atoms with Crippen LogP contribution in [0, 0.1) is 11.6 Å². The summed E-state index contributed by atoms with van der Waals surface area (Å²) in [5.74, 6) is -0.894. The van der Waals surface area contributed by atoms with E-state index >= 15 is 0 Å². The predicted molar refractivity (Wildman–Crippen MR) is 139 cm³/mol. The maximum absolute atomic E-state index is 12.9. The molecule has 192 valence electrons. The van der Waals surface area contributed by atoms with Crippen molar-refractivity contribution in [3.8, 4) is 0 Å². The zero-order valence-electron chi connectivity index (χ0n) is 20.5. The van der Waals surface area contributed by atoms with E-state index in [0.717, 1.165) is 63.2 Å². The van der Waals surface area contributed by atoms with Crippen molar-refractivity contribution in [2.45, 2.75) is 12.8 Å². The van der Waals surface area contributed by atoms with Crippen LogP contribution in [0.1, 0.15) is 24.0 Å². The summed E-state index contributed by atoms with van der Waals surface area (Å²) in [6.07, 6.45) is 8.04. The first-order valence-electron chi connectivity index (χ1n) is 12.4. The molecule has 0 unspecified atom stereocenters. The third-order valence-electron chi connectivity index (χ3n) is 5.96. The number of piperazine rings is 1. The maximum Gasteiger partial charge on any atom is 0.243 e. The van der Waals surface area contributed by atoms with Crippen LogP contribution in [-0.4, -0.2) is 74.0 Å². The summed E-state index contributed by atoms with van der Waals surface area (Å²) in [5, 5.41) is 5.77. The molecule has 6 nitrogen and oxygen atoms in total. The standard InChI is InChI=1S/C28H34F2N4O2/c29-25-9-3-23(4-10-25)7-13-27(35)31-15-1-17-33-19-21-34(22-20-33)18-2-16-32-28(36)14-8-24-5-11-26(30)12-6-24/h3-14H,1-2,15-22H2,(H,31,35)(H,32,36)/b13-7+,14-8+. The summed E-state index contributed by atoms with van der Waals surface area (Å²) in [4.78, 5) is 28.6. The highest BCUT2D eigenvalue weighted by Crippen LogP contribution is 2.06. The second-order valence-electron chi connectivity index (χ2n) is 8.74. The molecular weight excluding hydrogens is 462 g/mol. The number of nitrogens with one attached hydrogen (secondary N) is 2. The van der Waals surface area contributed by atoms with Crippen molar-refractivity contribution in [3.05, 3.63) is 83.4 Å². The van der Waals surface area contributed by atoms with Crippen molar-refractivity contribution in [3.63, 3.8) is 0 Å². The molecule has 0 atom stereocenters. The Balaban J connectivity index is 1.19. The Morgan fingerprint density at radius 3 is 1.39 bits per heavy atom. The van der Waals surface area contributed by atoms with Crippen LogP contribution in [0.15, 0.2) is 60.7 Å². The number of nitrogens with zero attached hydrogens (tertiary/aromatic N) is 2. The Hall–Kier alpha value is -3.36. The number of carbonyl (C=O) groups is 2. The van der Waals surface area contributed by atoms with Crippen molar-refractivity contribution < 1.29 is 18.4 Å². The average molecular weight is 497 g/mol. The highest BCUT2D eigenvalue weighted by atomic mass is 19.1. The van der Waals surface area contributed by atoms with E-state index < -0.39 is 0 Å². The monoisotopic (exact) mass is 496 g/mol. The van der Waals surface area contributed by atoms with E-state index in [0.29, 0.717) is 13.1 Å². The minimum atomic E-state index is -0.296. The lowest BCUT2D eigenvalue weighted by Crippen LogP contribution is -2.47. The van der Waals surface area contributed by atoms with Gasteiger partial charge in [-0.15, -0.1) is 0 Å². The summed E-state index contributed by atoms with van der Waals surface area (Å²) in [6.45, 7) is 7.06. The van der Waals surface area contributed by atoms with Crippen LogP contribution in [0.5, 0.6) is 0 Å². The smallest absolute Gasteiger partial charge is 0.243 e. The maximum atomic E-state index is 12.9. The summed E-state index contributed by atoms with van der Waals surface area (Å²) in [7, 11) is 0. The Morgan fingerprint density at radius 1 is 0.667 bits per heavy atom. The van der Waals surface area contributed by atoms with Crippen LogP contribution in [0.25, 0.3) is 12.2 Å². The lowest BCUT2D eigenvalue weighted by atomic mass is 10.2. The van der Waals surface area contributed by atoms with Crippen molar-refractivity contribution in [1.29, 1.82) is 0 Å². The first kappa shape index (κ1) is 27.2. The van der Waals surface area contributed by atoms with Gasteiger partial charge in [-0.3, -0.25) is 9.59 Å². The van der Waals surface area contributed by atoms with Gasteiger partial charge in [0.1, 0.15) is 11.6 Å². The Bertz CT molecular complexity index is 931. The fraction of sp³-hybridized carbons (Fsp3) is 0.357. The lowest BCUT2D eigenvalue weighted by molar-refractivity contribution is -0.117. The molecule has 0 radical (unpaired) electrons. The zero-order valence-corrected chi connectivity index (χ0v) is 20.5. The van der Waals surface area contributed by atoms with Crippen LogP contribution in [-0.2, 0) is 9.59 Å². The molecule has 1 aliphatic heterocycles. The van der Waals surface area contributed by atoms with Crippen LogP contribution in [0.4, 0.5) is 8.78 Å². The SMILES string of the molecule is O=C(/C=C/c1ccc(F)cc1)NCCCN1CCN(CCCNC(=O)/C=C/c2ccc(F)cc2)CC1. The second-order valence-corrected chi connectivity index (χ2v) is 8.74. The van der Waals surface area contributed by atoms with E-state index in [-0.39, 0.29) is 23.4 Å². The summed E-state index contributed by atoms with van der Waals surface area (Å²) >= 11 is 0. The topological polar surface area (TPSA) is 64.7 Å². The summed E-state index contributed by atoms with van der Waals surface area (Å²) < 4.78 is 25.8. The first-order chi connectivity index (χ1) is 17.5. The van der Waals surface area contributed by atoms with Crippen molar-refractivity contribution >= 4 is 24.0 Å². The summed E-state index contributed by atoms with van der Waals surface area (Å²) in [6, 6.07) is 12.0. The van der Waals surface area contributed by atoms with Crippen molar-refractivity contribution in [2.75, 3.05) is 52.4 Å². The highest BCUT2D eigenvalue weighted by molar-refractivity contribution is 5.92. The molecule has 2 aromatic rings. The van der Waals surface area contributed by atoms with E-state index in [4.69, 9.17) is 0 Å². The fourth-order valence-electron chi connectivity index (χ4n) is 3.87. The number of hydrogen-bond acceptors (Lipinski definition) is 4. The van der Waals surface area contributed by atoms with Crippen LogP contribution in [0.2, 0.25) is 0 Å². The van der Waals surface area contributed by atoms with E-state index in [1.807, 2.05) is 0 Å². The normalized spacial score (nSPS) is 14.9. The molecule has 36 heavy (non-hydrogen) atoms. The molecule has 2 aromatic carbocycles. The Kier molecular flexibility index (Phi) is 11.3. The number of amides is 2. The Labute approximate surface area is 211 Å². The molecule has 0 bridgehead atoms. The minimum Gasteiger partial charge on any atom is -0.353 e. The largest absolute Gasteiger partial charge is 0.353 e. The Morgan fingerprint density at radius 2 is 1.03 bits per heavy atom.